The molecule has 0 saturated carbocycles. The number of amides is 3. The first-order valence-corrected chi connectivity index (χ1v) is 9.55. The third-order valence-electron chi connectivity index (χ3n) is 5.08. The number of para-hydroxylation sites is 1. The molecule has 2 aliphatic heterocycles. The summed E-state index contributed by atoms with van der Waals surface area (Å²) in [5.74, 6) is 2.29. The van der Waals surface area contributed by atoms with Crippen molar-refractivity contribution in [3.63, 3.8) is 0 Å². The first kappa shape index (κ1) is 19.7. The van der Waals surface area contributed by atoms with Crippen molar-refractivity contribution in [3.05, 3.63) is 36.4 Å². The summed E-state index contributed by atoms with van der Waals surface area (Å²) in [6.07, 6.45) is 0.358. The maximum absolute atomic E-state index is 12.5. The topological polar surface area (TPSA) is 98.4 Å². The predicted octanol–water partition coefficient (Wildman–Crippen LogP) is 2.61. The molecule has 1 atom stereocenters. The van der Waals surface area contributed by atoms with Crippen LogP contribution in [-0.4, -0.2) is 46.0 Å². The van der Waals surface area contributed by atoms with Crippen molar-refractivity contribution in [2.45, 2.75) is 6.42 Å². The second-order valence-electron chi connectivity index (χ2n) is 6.99. The first-order chi connectivity index (χ1) is 14.6. The predicted molar refractivity (Wildman–Crippen MR) is 110 cm³/mol. The summed E-state index contributed by atoms with van der Waals surface area (Å²) < 4.78 is 21.3. The molecule has 2 heterocycles. The van der Waals surface area contributed by atoms with Gasteiger partial charge in [-0.25, -0.2) is 4.79 Å². The van der Waals surface area contributed by atoms with Crippen LogP contribution in [0.2, 0.25) is 0 Å². The molecule has 2 aliphatic rings. The lowest BCUT2D eigenvalue weighted by molar-refractivity contribution is -0.117. The van der Waals surface area contributed by atoms with E-state index in [1.807, 2.05) is 6.07 Å². The summed E-state index contributed by atoms with van der Waals surface area (Å²) in [6.45, 7) is 1.07. The molecular weight excluding hydrogens is 390 g/mol. The zero-order chi connectivity index (χ0) is 21.1. The molecule has 2 aromatic rings. The molecule has 9 heteroatoms. The summed E-state index contributed by atoms with van der Waals surface area (Å²) >= 11 is 0. The van der Waals surface area contributed by atoms with Crippen LogP contribution in [0.3, 0.4) is 0 Å². The first-order valence-electron chi connectivity index (χ1n) is 9.55. The lowest BCUT2D eigenvalue weighted by Gasteiger charge is -2.18. The summed E-state index contributed by atoms with van der Waals surface area (Å²) in [6, 6.07) is 10.3. The lowest BCUT2D eigenvalue weighted by Crippen LogP contribution is -2.34. The van der Waals surface area contributed by atoms with Gasteiger partial charge in [0.25, 0.3) is 0 Å². The Morgan fingerprint density at radius 1 is 1.17 bits per heavy atom. The van der Waals surface area contributed by atoms with Gasteiger partial charge in [-0.05, 0) is 24.3 Å². The molecule has 1 saturated heterocycles. The number of hydrogen-bond donors (Lipinski definition) is 2. The molecule has 0 bridgehead atoms. The highest BCUT2D eigenvalue weighted by Crippen LogP contribution is 2.37. The number of urea groups is 1. The van der Waals surface area contributed by atoms with E-state index in [9.17, 15) is 9.59 Å². The van der Waals surface area contributed by atoms with Crippen molar-refractivity contribution in [3.8, 4) is 23.0 Å². The van der Waals surface area contributed by atoms with Crippen molar-refractivity contribution in [2.75, 3.05) is 44.3 Å². The van der Waals surface area contributed by atoms with Crippen LogP contribution in [-0.2, 0) is 4.79 Å². The van der Waals surface area contributed by atoms with Crippen LogP contribution < -0.4 is 34.5 Å². The Bertz CT molecular complexity index is 964. The highest BCUT2D eigenvalue weighted by Gasteiger charge is 2.31. The van der Waals surface area contributed by atoms with E-state index in [4.69, 9.17) is 18.9 Å². The van der Waals surface area contributed by atoms with Gasteiger partial charge in [0.05, 0.1) is 19.9 Å². The Morgan fingerprint density at radius 2 is 2.00 bits per heavy atom. The zero-order valence-electron chi connectivity index (χ0n) is 16.8. The molecule has 0 unspecified atom stereocenters. The minimum atomic E-state index is -0.379. The molecule has 158 valence electrons. The maximum Gasteiger partial charge on any atom is 0.319 e. The lowest BCUT2D eigenvalue weighted by atomic mass is 10.1. The fourth-order valence-electron chi connectivity index (χ4n) is 3.61. The van der Waals surface area contributed by atoms with Crippen LogP contribution in [0.4, 0.5) is 16.2 Å². The van der Waals surface area contributed by atoms with Crippen molar-refractivity contribution in [1.29, 1.82) is 0 Å². The Morgan fingerprint density at radius 3 is 2.80 bits per heavy atom. The van der Waals surface area contributed by atoms with E-state index >= 15 is 0 Å². The van der Waals surface area contributed by atoms with E-state index in [0.717, 1.165) is 5.69 Å². The highest BCUT2D eigenvalue weighted by atomic mass is 16.7. The van der Waals surface area contributed by atoms with Gasteiger partial charge in [0.15, 0.2) is 23.0 Å². The van der Waals surface area contributed by atoms with Crippen LogP contribution in [0.1, 0.15) is 6.42 Å². The Labute approximate surface area is 173 Å². The van der Waals surface area contributed by atoms with E-state index < -0.39 is 0 Å². The van der Waals surface area contributed by atoms with Gasteiger partial charge in [0.1, 0.15) is 0 Å². The van der Waals surface area contributed by atoms with Gasteiger partial charge in [-0.1, -0.05) is 6.07 Å². The van der Waals surface area contributed by atoms with Crippen molar-refractivity contribution < 1.29 is 28.5 Å². The number of anilines is 2. The third-order valence-corrected chi connectivity index (χ3v) is 5.08. The molecule has 30 heavy (non-hydrogen) atoms. The highest BCUT2D eigenvalue weighted by molar-refractivity contribution is 5.96. The average Bonchev–Trinajstić information content (AvgIpc) is 3.37. The van der Waals surface area contributed by atoms with Crippen LogP contribution in [0, 0.1) is 5.92 Å². The van der Waals surface area contributed by atoms with Gasteiger partial charge < -0.3 is 34.5 Å². The van der Waals surface area contributed by atoms with Crippen molar-refractivity contribution >= 4 is 23.3 Å². The average molecular weight is 413 g/mol. The molecule has 4 rings (SSSR count). The molecule has 0 aromatic heterocycles. The molecule has 0 aliphatic carbocycles. The van der Waals surface area contributed by atoms with E-state index in [1.165, 1.54) is 14.2 Å². The summed E-state index contributed by atoms with van der Waals surface area (Å²) in [4.78, 5) is 26.5. The van der Waals surface area contributed by atoms with Crippen LogP contribution >= 0.6 is 0 Å². The maximum atomic E-state index is 12.5. The summed E-state index contributed by atoms with van der Waals surface area (Å²) in [5.41, 5.74) is 1.26. The molecule has 1 fully saturated rings. The van der Waals surface area contributed by atoms with Crippen LogP contribution in [0.5, 0.6) is 23.0 Å². The number of nitrogens with zero attached hydrogens (tertiary/aromatic N) is 1. The monoisotopic (exact) mass is 413 g/mol. The number of rotatable bonds is 6. The Kier molecular flexibility index (Phi) is 5.51. The smallest absolute Gasteiger partial charge is 0.319 e. The summed E-state index contributed by atoms with van der Waals surface area (Å²) in [5, 5.41) is 5.58. The normalized spacial score (nSPS) is 17.1. The number of ether oxygens (including phenoxy) is 4. The van der Waals surface area contributed by atoms with Crippen LogP contribution in [0.25, 0.3) is 0 Å². The Balaban J connectivity index is 1.34. The molecule has 0 spiro atoms. The zero-order valence-corrected chi connectivity index (χ0v) is 16.8. The van der Waals surface area contributed by atoms with Gasteiger partial charge in [-0.3, -0.25) is 4.79 Å². The van der Waals surface area contributed by atoms with Gasteiger partial charge >= 0.3 is 6.03 Å². The number of nitrogens with one attached hydrogen (secondary N) is 2. The number of hydrogen-bond acceptors (Lipinski definition) is 6. The minimum absolute atomic E-state index is 0.000813. The van der Waals surface area contributed by atoms with E-state index in [0.29, 0.717) is 48.2 Å². The fraction of sp³-hybridized carbons (Fsp3) is 0.333. The number of carbonyl (C=O) groups excluding carboxylic acids is 2. The number of carbonyl (C=O) groups is 2. The van der Waals surface area contributed by atoms with Gasteiger partial charge in [-0.15, -0.1) is 0 Å². The molecule has 2 N–H and O–H groups in total. The SMILES string of the molecule is COc1cccc(NC(=O)NC[C@H]2CC(=O)N(c3ccc4c(c3)OCO4)C2)c1OC. The van der Waals surface area contributed by atoms with Gasteiger partial charge in [0.2, 0.25) is 12.7 Å². The largest absolute Gasteiger partial charge is 0.493 e. The number of fused-ring (bicyclic) bond motifs is 1. The minimum Gasteiger partial charge on any atom is -0.493 e. The fourth-order valence-corrected chi connectivity index (χ4v) is 3.61. The second-order valence-corrected chi connectivity index (χ2v) is 6.99. The number of benzene rings is 2. The standard InChI is InChI=1S/C21H23N3O6/c1-27-17-5-3-4-15(20(17)28-2)23-21(26)22-10-13-8-19(25)24(11-13)14-6-7-16-18(9-14)30-12-29-16/h3-7,9,13H,8,10-12H2,1-2H3,(H2,22,23,26)/t13-/m1/s1. The van der Waals surface area contributed by atoms with Crippen molar-refractivity contribution in [2.24, 2.45) is 5.92 Å². The third kappa shape index (κ3) is 3.91. The van der Waals surface area contributed by atoms with Gasteiger partial charge in [-0.2, -0.15) is 0 Å². The molecular formula is C21H23N3O6. The quantitative estimate of drug-likeness (QED) is 0.756. The second kappa shape index (κ2) is 8.40. The van der Waals surface area contributed by atoms with Crippen LogP contribution in [0.15, 0.2) is 36.4 Å². The van der Waals surface area contributed by atoms with E-state index in [-0.39, 0.29) is 24.6 Å². The van der Waals surface area contributed by atoms with Crippen molar-refractivity contribution in [1.82, 2.24) is 5.32 Å². The molecule has 3 amide bonds. The molecule has 9 nitrogen and oxygen atoms in total. The molecule has 2 aromatic carbocycles. The number of methoxy groups -OCH3 is 2. The van der Waals surface area contributed by atoms with E-state index in [2.05, 4.69) is 10.6 Å². The summed E-state index contributed by atoms with van der Waals surface area (Å²) in [7, 11) is 3.04. The Hall–Kier alpha value is -3.62. The molecule has 0 radical (unpaired) electrons. The van der Waals surface area contributed by atoms with Gasteiger partial charge in [0, 0.05) is 37.2 Å². The van der Waals surface area contributed by atoms with E-state index in [1.54, 1.807) is 35.2 Å².